The van der Waals surface area contributed by atoms with Crippen molar-refractivity contribution in [2.24, 2.45) is 0 Å². The summed E-state index contributed by atoms with van der Waals surface area (Å²) >= 11 is 0. The second-order valence-corrected chi connectivity index (χ2v) is 15.4. The van der Waals surface area contributed by atoms with Crippen LogP contribution in [0.15, 0.2) is 0 Å². The maximum Gasteiger partial charge on any atom is 0.0116 e. The van der Waals surface area contributed by atoms with Gasteiger partial charge in [-0.25, -0.2) is 0 Å². The molecule has 2 heteroatoms. The van der Waals surface area contributed by atoms with E-state index in [9.17, 15) is 0 Å². The summed E-state index contributed by atoms with van der Waals surface area (Å²) in [6.07, 6.45) is 21.2. The zero-order valence-corrected chi connectivity index (χ0v) is 20.1. The van der Waals surface area contributed by atoms with Gasteiger partial charge in [-0.2, -0.15) is 0 Å². The van der Waals surface area contributed by atoms with E-state index < -0.39 is 0 Å². The summed E-state index contributed by atoms with van der Waals surface area (Å²) < 4.78 is 0. The number of rotatable bonds is 10. The summed E-state index contributed by atoms with van der Waals surface area (Å²) in [6.45, 7) is 15.1. The first-order valence-electron chi connectivity index (χ1n) is 11.6. The van der Waals surface area contributed by atoms with Crippen LogP contribution in [0.5, 0.6) is 0 Å². The molecule has 0 spiro atoms. The average Bonchev–Trinajstić information content (AvgIpc) is 3.27. The maximum atomic E-state index is 2.53. The highest BCUT2D eigenvalue weighted by Gasteiger charge is 2.58. The lowest BCUT2D eigenvalue weighted by molar-refractivity contribution is 0.490. The van der Waals surface area contributed by atoms with Gasteiger partial charge in [0.2, 0.25) is 0 Å². The molecule has 0 aliphatic carbocycles. The van der Waals surface area contributed by atoms with Crippen LogP contribution in [-0.4, -0.2) is 27.5 Å². The topological polar surface area (TPSA) is 0 Å². The van der Waals surface area contributed by atoms with Crippen LogP contribution in [0.25, 0.3) is 0 Å². The standard InChI is InChI=1S/C23H46P2/c1-7-15-23(16-8-2,24-19-13-17-21(24,9-3)10-4)25-20-14-18-22(25,11-5)12-6/h7-20H2,1-6H3. The molecule has 0 amide bonds. The molecule has 148 valence electrons. The molecule has 0 nitrogen and oxygen atoms in total. The summed E-state index contributed by atoms with van der Waals surface area (Å²) in [5.41, 5.74) is 0. The van der Waals surface area contributed by atoms with Gasteiger partial charge >= 0.3 is 0 Å². The van der Waals surface area contributed by atoms with Gasteiger partial charge in [0.25, 0.3) is 0 Å². The van der Waals surface area contributed by atoms with Crippen molar-refractivity contribution in [3.63, 3.8) is 0 Å². The summed E-state index contributed by atoms with van der Waals surface area (Å²) in [7, 11) is 0.391. The summed E-state index contributed by atoms with van der Waals surface area (Å²) in [4.78, 5) is 0.763. The van der Waals surface area contributed by atoms with Crippen molar-refractivity contribution in [2.75, 3.05) is 12.3 Å². The van der Waals surface area contributed by atoms with Crippen LogP contribution in [-0.2, 0) is 0 Å². The Morgan fingerprint density at radius 1 is 0.640 bits per heavy atom. The van der Waals surface area contributed by atoms with Crippen LogP contribution in [0.1, 0.15) is 119 Å². The molecule has 2 saturated heterocycles. The Bertz CT molecular complexity index is 357. The molecule has 0 saturated carbocycles. The highest BCUT2D eigenvalue weighted by molar-refractivity contribution is 7.79. The van der Waals surface area contributed by atoms with E-state index in [1.54, 1.807) is 38.0 Å². The number of hydrogen-bond acceptors (Lipinski definition) is 0. The van der Waals surface area contributed by atoms with E-state index in [0.29, 0.717) is 0 Å². The van der Waals surface area contributed by atoms with E-state index >= 15 is 0 Å². The van der Waals surface area contributed by atoms with Gasteiger partial charge in [0, 0.05) is 4.90 Å². The molecule has 2 rings (SSSR count). The molecule has 0 bridgehead atoms. The van der Waals surface area contributed by atoms with Gasteiger partial charge in [0.15, 0.2) is 0 Å². The van der Waals surface area contributed by atoms with Crippen molar-refractivity contribution in [2.45, 2.75) is 134 Å². The van der Waals surface area contributed by atoms with Crippen molar-refractivity contribution >= 4 is 15.8 Å². The Labute approximate surface area is 162 Å². The van der Waals surface area contributed by atoms with E-state index in [1.165, 1.54) is 51.4 Å². The fraction of sp³-hybridized carbons (Fsp3) is 1.00. The molecule has 2 aliphatic heterocycles. The Hall–Kier alpha value is 0.860. The Morgan fingerprint density at radius 3 is 1.28 bits per heavy atom. The Kier molecular flexibility index (Phi) is 8.30. The van der Waals surface area contributed by atoms with E-state index in [2.05, 4.69) is 41.5 Å². The molecule has 2 aliphatic rings. The first-order valence-corrected chi connectivity index (χ1v) is 14.7. The van der Waals surface area contributed by atoms with Crippen LogP contribution >= 0.6 is 15.8 Å². The smallest absolute Gasteiger partial charge is 0.0116 e. The van der Waals surface area contributed by atoms with Crippen LogP contribution in [0, 0.1) is 0 Å². The van der Waals surface area contributed by atoms with Crippen molar-refractivity contribution in [1.82, 2.24) is 0 Å². The molecule has 2 fully saturated rings. The van der Waals surface area contributed by atoms with Crippen LogP contribution < -0.4 is 0 Å². The molecule has 0 N–H and O–H groups in total. The van der Waals surface area contributed by atoms with E-state index in [0.717, 1.165) is 15.2 Å². The second-order valence-electron chi connectivity index (χ2n) is 8.86. The molecule has 2 unspecified atom stereocenters. The minimum atomic E-state index is 0.195. The monoisotopic (exact) mass is 384 g/mol. The fourth-order valence-electron chi connectivity index (χ4n) is 6.76. The predicted octanol–water partition coefficient (Wildman–Crippen LogP) is 8.95. The molecular formula is C23H46P2. The Balaban J connectivity index is 2.53. The zero-order valence-electron chi connectivity index (χ0n) is 18.3. The number of hydrogen-bond donors (Lipinski definition) is 0. The van der Waals surface area contributed by atoms with Crippen LogP contribution in [0.3, 0.4) is 0 Å². The van der Waals surface area contributed by atoms with Crippen molar-refractivity contribution < 1.29 is 0 Å². The molecule has 0 radical (unpaired) electrons. The lowest BCUT2D eigenvalue weighted by Gasteiger charge is -2.56. The van der Waals surface area contributed by atoms with E-state index in [1.807, 2.05) is 0 Å². The largest absolute Gasteiger partial charge is 0.0895 e. The lowest BCUT2D eigenvalue weighted by Crippen LogP contribution is -2.39. The predicted molar refractivity (Wildman–Crippen MR) is 121 cm³/mol. The summed E-state index contributed by atoms with van der Waals surface area (Å²) in [5, 5.41) is 1.47. The van der Waals surface area contributed by atoms with Crippen molar-refractivity contribution in [3.05, 3.63) is 0 Å². The average molecular weight is 385 g/mol. The summed E-state index contributed by atoms with van der Waals surface area (Å²) in [5.74, 6) is 0. The van der Waals surface area contributed by atoms with Gasteiger partial charge < -0.3 is 0 Å². The first-order chi connectivity index (χ1) is 12.0. The van der Waals surface area contributed by atoms with Gasteiger partial charge in [0.1, 0.15) is 0 Å². The molecular weight excluding hydrogens is 338 g/mol. The normalized spacial score (nSPS) is 28.6. The SMILES string of the molecule is CCCC(CCC)(P1CCCC1(CC)CC)P1CCCC1(CC)CC. The molecule has 2 atom stereocenters. The third-order valence-corrected chi connectivity index (χ3v) is 18.0. The van der Waals surface area contributed by atoms with Crippen LogP contribution in [0.4, 0.5) is 0 Å². The third-order valence-electron chi connectivity index (χ3n) is 8.13. The third kappa shape index (κ3) is 3.75. The van der Waals surface area contributed by atoms with Crippen LogP contribution in [0.2, 0.25) is 0 Å². The van der Waals surface area contributed by atoms with Gasteiger partial charge in [-0.1, -0.05) is 70.2 Å². The van der Waals surface area contributed by atoms with Gasteiger partial charge in [-0.15, -0.1) is 0 Å². The lowest BCUT2D eigenvalue weighted by atomic mass is 9.97. The first kappa shape index (κ1) is 22.2. The van der Waals surface area contributed by atoms with Crippen molar-refractivity contribution in [3.8, 4) is 0 Å². The van der Waals surface area contributed by atoms with Gasteiger partial charge in [0.05, 0.1) is 0 Å². The Morgan fingerprint density at radius 2 is 1.00 bits per heavy atom. The highest BCUT2D eigenvalue weighted by atomic mass is 31.2. The quantitative estimate of drug-likeness (QED) is 0.330. The molecule has 2 heterocycles. The van der Waals surface area contributed by atoms with Crippen molar-refractivity contribution in [1.29, 1.82) is 0 Å². The zero-order chi connectivity index (χ0) is 18.6. The van der Waals surface area contributed by atoms with Gasteiger partial charge in [-0.05, 0) is 86.8 Å². The highest BCUT2D eigenvalue weighted by Crippen LogP contribution is 2.84. The molecule has 0 aromatic carbocycles. The van der Waals surface area contributed by atoms with E-state index in [-0.39, 0.29) is 15.8 Å². The molecule has 0 aromatic heterocycles. The maximum absolute atomic E-state index is 2.53. The summed E-state index contributed by atoms with van der Waals surface area (Å²) in [6, 6.07) is 0. The fourth-order valence-corrected chi connectivity index (χ4v) is 18.6. The minimum Gasteiger partial charge on any atom is -0.0895 e. The second kappa shape index (κ2) is 9.37. The molecule has 25 heavy (non-hydrogen) atoms. The molecule has 0 aromatic rings. The van der Waals surface area contributed by atoms with Gasteiger partial charge in [-0.3, -0.25) is 0 Å². The van der Waals surface area contributed by atoms with E-state index in [4.69, 9.17) is 0 Å². The minimum absolute atomic E-state index is 0.195.